The molecule has 7 heteroatoms. The molecule has 1 heterocycles. The second-order valence-electron chi connectivity index (χ2n) is 6.56. The van der Waals surface area contributed by atoms with E-state index in [1.807, 2.05) is 87.7 Å². The second-order valence-corrected chi connectivity index (χ2v) is 7.98. The van der Waals surface area contributed by atoms with Crippen molar-refractivity contribution in [1.29, 1.82) is 0 Å². The van der Waals surface area contributed by atoms with Crippen molar-refractivity contribution >= 4 is 55.6 Å². The Hall–Kier alpha value is -2.93. The van der Waals surface area contributed by atoms with Crippen molar-refractivity contribution < 1.29 is 14.8 Å². The molecular formula is C25H27ClN3O2S+. The fourth-order valence-electron chi connectivity index (χ4n) is 3.13. The summed E-state index contributed by atoms with van der Waals surface area (Å²) >= 11 is 7.93. The molecule has 0 spiro atoms. The predicted molar refractivity (Wildman–Crippen MR) is 134 cm³/mol. The first-order valence-corrected chi connectivity index (χ1v) is 11.8. The van der Waals surface area contributed by atoms with Gasteiger partial charge in [0.05, 0.1) is 40.1 Å². The number of anilines is 2. The van der Waals surface area contributed by atoms with Crippen LogP contribution in [0, 0.1) is 0 Å². The van der Waals surface area contributed by atoms with Crippen LogP contribution in [0.1, 0.15) is 31.1 Å². The number of amides is 1. The topological polar surface area (TPSA) is 59.0 Å². The molecule has 166 valence electrons. The Bertz CT molecular complexity index is 1160. The average Bonchev–Trinajstić information content (AvgIpc) is 3.25. The number of halogens is 1. The number of carbonyl (C=O) groups is 1. The van der Waals surface area contributed by atoms with Gasteiger partial charge in [0.15, 0.2) is 5.13 Å². The summed E-state index contributed by atoms with van der Waals surface area (Å²) in [5, 5.41) is 2.94. The number of rotatable bonds is 6. The molecular weight excluding hydrogens is 442 g/mol. The highest BCUT2D eigenvalue weighted by Crippen LogP contribution is 2.36. The lowest BCUT2D eigenvalue weighted by molar-refractivity contribution is -0.539. The lowest BCUT2D eigenvalue weighted by Gasteiger charge is -2.21. The number of hydrogen-bond acceptors (Lipinski definition) is 4. The SMILES string of the molecule is CC.CCOc1ccc(N(C(=O)c2ccc([NH2+]C)cc2Cl)c2nc3ccccc3s2)cc1. The fraction of sp³-hybridized carbons (Fsp3) is 0.200. The van der Waals surface area contributed by atoms with Gasteiger partial charge in [-0.2, -0.15) is 0 Å². The lowest BCUT2D eigenvalue weighted by Crippen LogP contribution is -2.72. The maximum atomic E-state index is 13.6. The van der Waals surface area contributed by atoms with Crippen LogP contribution in [0.5, 0.6) is 5.75 Å². The highest BCUT2D eigenvalue weighted by atomic mass is 35.5. The summed E-state index contributed by atoms with van der Waals surface area (Å²) in [7, 11) is 1.93. The Morgan fingerprint density at radius 1 is 1.09 bits per heavy atom. The van der Waals surface area contributed by atoms with Crippen LogP contribution in [0.3, 0.4) is 0 Å². The highest BCUT2D eigenvalue weighted by molar-refractivity contribution is 7.22. The number of quaternary nitrogens is 1. The van der Waals surface area contributed by atoms with Gasteiger partial charge in [0.25, 0.3) is 5.91 Å². The number of benzene rings is 3. The zero-order valence-corrected chi connectivity index (χ0v) is 20.2. The molecule has 0 radical (unpaired) electrons. The molecule has 0 aliphatic heterocycles. The van der Waals surface area contributed by atoms with Crippen LogP contribution in [0.4, 0.5) is 16.5 Å². The molecule has 0 saturated carbocycles. The van der Waals surface area contributed by atoms with Crippen LogP contribution < -0.4 is 15.0 Å². The van der Waals surface area contributed by atoms with Gasteiger partial charge >= 0.3 is 0 Å². The van der Waals surface area contributed by atoms with Crippen molar-refractivity contribution in [2.24, 2.45) is 0 Å². The largest absolute Gasteiger partial charge is 0.494 e. The van der Waals surface area contributed by atoms with E-state index in [9.17, 15) is 4.79 Å². The van der Waals surface area contributed by atoms with Crippen LogP contribution in [0.2, 0.25) is 5.02 Å². The molecule has 0 aliphatic carbocycles. The molecule has 0 fully saturated rings. The van der Waals surface area contributed by atoms with Gasteiger partial charge in [-0.05, 0) is 55.5 Å². The Kier molecular flexibility index (Phi) is 8.22. The summed E-state index contributed by atoms with van der Waals surface area (Å²) in [6, 6.07) is 20.7. The van der Waals surface area contributed by atoms with Crippen LogP contribution >= 0.6 is 22.9 Å². The quantitative estimate of drug-likeness (QED) is 0.344. The van der Waals surface area contributed by atoms with Gasteiger partial charge in [-0.15, -0.1) is 0 Å². The van der Waals surface area contributed by atoms with E-state index in [4.69, 9.17) is 21.3 Å². The van der Waals surface area contributed by atoms with E-state index in [1.165, 1.54) is 11.3 Å². The standard InChI is InChI=1S/C23H20ClN3O2S.C2H6/c1-3-29-17-11-9-16(10-12-17)27(23-26-20-6-4-5-7-21(20)30-23)22(28)18-13-8-15(25-2)14-19(18)24;1-2/h4-14,25H,3H2,1-2H3;1-2H3/p+1. The molecule has 0 atom stereocenters. The Balaban J connectivity index is 0.00000141. The molecule has 4 rings (SSSR count). The second kappa shape index (κ2) is 11.1. The van der Waals surface area contributed by atoms with Gasteiger partial charge in [0, 0.05) is 6.07 Å². The number of thiazole rings is 1. The minimum absolute atomic E-state index is 0.231. The van der Waals surface area contributed by atoms with Gasteiger partial charge in [0.1, 0.15) is 11.4 Å². The minimum atomic E-state index is -0.231. The molecule has 2 N–H and O–H groups in total. The van der Waals surface area contributed by atoms with Crippen LogP contribution in [0.25, 0.3) is 10.2 Å². The number of aromatic nitrogens is 1. The summed E-state index contributed by atoms with van der Waals surface area (Å²) < 4.78 is 6.56. The Labute approximate surface area is 197 Å². The number of nitrogens with two attached hydrogens (primary N) is 1. The molecule has 3 aromatic carbocycles. The highest BCUT2D eigenvalue weighted by Gasteiger charge is 2.25. The smallest absolute Gasteiger partial charge is 0.266 e. The van der Waals surface area contributed by atoms with E-state index in [0.717, 1.165) is 21.7 Å². The third-order valence-corrected chi connectivity index (χ3v) is 5.97. The number of carbonyl (C=O) groups excluding carboxylic acids is 1. The summed E-state index contributed by atoms with van der Waals surface area (Å²) in [5.74, 6) is 0.518. The lowest BCUT2D eigenvalue weighted by atomic mass is 10.1. The van der Waals surface area contributed by atoms with E-state index in [1.54, 1.807) is 17.0 Å². The number of nitrogens with zero attached hydrogens (tertiary/aromatic N) is 2. The summed E-state index contributed by atoms with van der Waals surface area (Å²) in [5.41, 5.74) is 2.94. The van der Waals surface area contributed by atoms with Crippen molar-refractivity contribution in [2.45, 2.75) is 20.8 Å². The molecule has 32 heavy (non-hydrogen) atoms. The van der Waals surface area contributed by atoms with Crippen LogP contribution in [-0.4, -0.2) is 24.5 Å². The monoisotopic (exact) mass is 468 g/mol. The van der Waals surface area contributed by atoms with Gasteiger partial charge in [-0.1, -0.05) is 48.9 Å². The van der Waals surface area contributed by atoms with E-state index < -0.39 is 0 Å². The van der Waals surface area contributed by atoms with Gasteiger partial charge in [-0.3, -0.25) is 9.69 Å². The first-order chi connectivity index (χ1) is 15.6. The van der Waals surface area contributed by atoms with Crippen molar-refractivity contribution in [2.75, 3.05) is 18.6 Å². The predicted octanol–water partition coefficient (Wildman–Crippen LogP) is 6.18. The third-order valence-electron chi connectivity index (χ3n) is 4.64. The third kappa shape index (κ3) is 5.10. The Morgan fingerprint density at radius 2 is 1.81 bits per heavy atom. The normalized spacial score (nSPS) is 10.4. The molecule has 5 nitrogen and oxygen atoms in total. The summed E-state index contributed by atoms with van der Waals surface area (Å²) in [4.78, 5) is 19.9. The van der Waals surface area contributed by atoms with Gasteiger partial charge < -0.3 is 10.1 Å². The average molecular weight is 469 g/mol. The molecule has 0 aliphatic rings. The molecule has 0 unspecified atom stereocenters. The van der Waals surface area contributed by atoms with E-state index in [2.05, 4.69) is 0 Å². The van der Waals surface area contributed by atoms with E-state index >= 15 is 0 Å². The summed E-state index contributed by atoms with van der Waals surface area (Å²) in [6.45, 7) is 6.51. The first kappa shape index (κ1) is 23.7. The van der Waals surface area contributed by atoms with Crippen molar-refractivity contribution in [3.8, 4) is 5.75 Å². The zero-order chi connectivity index (χ0) is 23.1. The fourth-order valence-corrected chi connectivity index (χ4v) is 4.39. The van der Waals surface area contributed by atoms with Gasteiger partial charge in [0.2, 0.25) is 0 Å². The number of para-hydroxylation sites is 1. The van der Waals surface area contributed by atoms with Crippen molar-refractivity contribution in [3.63, 3.8) is 0 Å². The van der Waals surface area contributed by atoms with Crippen molar-refractivity contribution in [3.05, 3.63) is 77.3 Å². The zero-order valence-electron chi connectivity index (χ0n) is 18.6. The number of hydrogen-bond donors (Lipinski definition) is 1. The first-order valence-electron chi connectivity index (χ1n) is 10.6. The number of ether oxygens (including phenoxy) is 1. The van der Waals surface area contributed by atoms with Crippen molar-refractivity contribution in [1.82, 2.24) is 4.98 Å². The van der Waals surface area contributed by atoms with E-state index in [-0.39, 0.29) is 5.91 Å². The molecule has 4 aromatic rings. The number of fused-ring (bicyclic) bond motifs is 1. The minimum Gasteiger partial charge on any atom is -0.494 e. The van der Waals surface area contributed by atoms with Crippen LogP contribution in [-0.2, 0) is 0 Å². The maximum absolute atomic E-state index is 13.6. The van der Waals surface area contributed by atoms with Crippen LogP contribution in [0.15, 0.2) is 66.7 Å². The molecule has 1 aromatic heterocycles. The Morgan fingerprint density at radius 3 is 2.44 bits per heavy atom. The molecule has 0 bridgehead atoms. The maximum Gasteiger partial charge on any atom is 0.266 e. The van der Waals surface area contributed by atoms with Gasteiger partial charge in [-0.25, -0.2) is 4.98 Å². The summed E-state index contributed by atoms with van der Waals surface area (Å²) in [6.07, 6.45) is 0. The molecule has 1 amide bonds. The van der Waals surface area contributed by atoms with E-state index in [0.29, 0.717) is 28.0 Å². The molecule has 0 saturated heterocycles.